The van der Waals surface area contributed by atoms with E-state index >= 15 is 0 Å². The van der Waals surface area contributed by atoms with Crippen LogP contribution in [0.15, 0.2) is 29.2 Å². The molecule has 0 aromatic heterocycles. The highest BCUT2D eigenvalue weighted by Gasteiger charge is 2.32. The Kier molecular flexibility index (Phi) is 7.22. The fourth-order valence-corrected chi connectivity index (χ4v) is 2.67. The topological polar surface area (TPSA) is 58.4 Å². The van der Waals surface area contributed by atoms with Gasteiger partial charge in [-0.25, -0.2) is 0 Å². The van der Waals surface area contributed by atoms with Gasteiger partial charge in [-0.15, -0.1) is 11.8 Å². The number of thioether (sulfide) groups is 1. The Morgan fingerprint density at radius 2 is 1.86 bits per heavy atom. The maximum absolute atomic E-state index is 11.9. The molecule has 0 aliphatic heterocycles. The van der Waals surface area contributed by atoms with E-state index in [1.165, 1.54) is 4.90 Å². The normalized spacial score (nSPS) is 14.1. The summed E-state index contributed by atoms with van der Waals surface area (Å²) in [4.78, 5) is 15.4. The maximum atomic E-state index is 11.9. The number of likely N-dealkylation sites (N-methyl/N-ethyl adjacent to an activating group) is 1. The average Bonchev–Trinajstić information content (AvgIpc) is 2.51. The molecule has 1 atom stereocenters. The number of carbonyl (C=O) groups is 1. The summed E-state index contributed by atoms with van der Waals surface area (Å²) in [5.41, 5.74) is 5.72. The van der Waals surface area contributed by atoms with Gasteiger partial charge in [-0.2, -0.15) is 0 Å². The summed E-state index contributed by atoms with van der Waals surface area (Å²) in [5, 5.41) is 3.33. The van der Waals surface area contributed by atoms with E-state index in [4.69, 9.17) is 5.73 Å². The molecule has 1 rings (SSSR count). The first-order valence-corrected chi connectivity index (χ1v) is 8.62. The number of nitrogens with zero attached hydrogens (tertiary/aromatic N) is 1. The molecule has 0 fully saturated rings. The van der Waals surface area contributed by atoms with E-state index in [1.54, 1.807) is 11.8 Å². The first-order valence-electron chi connectivity index (χ1n) is 7.39. The van der Waals surface area contributed by atoms with Crippen molar-refractivity contribution < 1.29 is 4.79 Å². The second kappa shape index (κ2) is 8.41. The molecule has 1 amide bonds. The van der Waals surface area contributed by atoms with Crippen LogP contribution < -0.4 is 11.1 Å². The number of hydrogen-bond donors (Lipinski definition) is 2. The lowest BCUT2D eigenvalue weighted by molar-refractivity contribution is -0.124. The lowest BCUT2D eigenvalue weighted by Crippen LogP contribution is -2.52. The van der Waals surface area contributed by atoms with E-state index in [0.717, 1.165) is 31.7 Å². The van der Waals surface area contributed by atoms with Gasteiger partial charge in [0.25, 0.3) is 0 Å². The fourth-order valence-electron chi connectivity index (χ4n) is 2.26. The van der Waals surface area contributed by atoms with E-state index < -0.39 is 5.54 Å². The summed E-state index contributed by atoms with van der Waals surface area (Å²) >= 11 is 1.68. The Hall–Kier alpha value is -1.04. The first kappa shape index (κ1) is 18.0. The van der Waals surface area contributed by atoms with E-state index in [9.17, 15) is 4.79 Å². The molecule has 0 aliphatic carbocycles. The highest BCUT2D eigenvalue weighted by molar-refractivity contribution is 7.98. The zero-order chi connectivity index (χ0) is 15.9. The molecule has 1 unspecified atom stereocenters. The molecule has 0 aliphatic rings. The molecule has 0 bridgehead atoms. The molecule has 0 saturated carbocycles. The minimum atomic E-state index is -0.829. The number of amides is 1. The van der Waals surface area contributed by atoms with Gasteiger partial charge in [0.15, 0.2) is 0 Å². The number of carbonyl (C=O) groups excluding carboxylic acids is 1. The Bertz CT molecular complexity index is 445. The van der Waals surface area contributed by atoms with Crippen LogP contribution in [0.2, 0.25) is 0 Å². The molecular weight excluding hydrogens is 282 g/mol. The summed E-state index contributed by atoms with van der Waals surface area (Å²) < 4.78 is 0. The molecular formula is C16H27N3OS. The highest BCUT2D eigenvalue weighted by Crippen LogP contribution is 2.23. The predicted octanol–water partition coefficient (Wildman–Crippen LogP) is 2.04. The van der Waals surface area contributed by atoms with Crippen LogP contribution in [0.4, 0.5) is 0 Å². The van der Waals surface area contributed by atoms with Crippen LogP contribution in [-0.2, 0) is 10.3 Å². The van der Waals surface area contributed by atoms with Crippen molar-refractivity contribution in [1.82, 2.24) is 10.2 Å². The van der Waals surface area contributed by atoms with Crippen LogP contribution in [0.5, 0.6) is 0 Å². The number of benzene rings is 1. The number of rotatable bonds is 9. The Morgan fingerprint density at radius 3 is 2.29 bits per heavy atom. The van der Waals surface area contributed by atoms with Crippen molar-refractivity contribution in [1.29, 1.82) is 0 Å². The Labute approximate surface area is 132 Å². The third-order valence-corrected chi connectivity index (χ3v) is 4.70. The Balaban J connectivity index is 2.79. The van der Waals surface area contributed by atoms with Gasteiger partial charge in [0, 0.05) is 18.0 Å². The molecule has 4 nitrogen and oxygen atoms in total. The molecule has 5 heteroatoms. The fraction of sp³-hybridized carbons (Fsp3) is 0.562. The number of nitrogens with one attached hydrogen (secondary N) is 1. The van der Waals surface area contributed by atoms with Crippen LogP contribution in [0.3, 0.4) is 0 Å². The molecule has 0 heterocycles. The summed E-state index contributed by atoms with van der Waals surface area (Å²) in [5.74, 6) is -0.348. The van der Waals surface area contributed by atoms with Crippen LogP contribution in [0, 0.1) is 0 Å². The molecule has 0 spiro atoms. The van der Waals surface area contributed by atoms with Crippen molar-refractivity contribution >= 4 is 17.7 Å². The van der Waals surface area contributed by atoms with Crippen molar-refractivity contribution in [3.05, 3.63) is 29.8 Å². The summed E-state index contributed by atoms with van der Waals surface area (Å²) in [7, 11) is 0. The SMILES string of the molecule is CCN(CC)CCNC(C)(C(N)=O)c1ccc(SC)cc1. The summed E-state index contributed by atoms with van der Waals surface area (Å²) in [6.07, 6.45) is 2.03. The van der Waals surface area contributed by atoms with Crippen molar-refractivity contribution in [3.63, 3.8) is 0 Å². The van der Waals surface area contributed by atoms with Gasteiger partial charge in [0.2, 0.25) is 5.91 Å². The molecule has 1 aromatic carbocycles. The van der Waals surface area contributed by atoms with Crippen LogP contribution in [-0.4, -0.2) is 43.2 Å². The minimum Gasteiger partial charge on any atom is -0.368 e. The maximum Gasteiger partial charge on any atom is 0.242 e. The van der Waals surface area contributed by atoms with Gasteiger partial charge in [-0.05, 0) is 44.0 Å². The van der Waals surface area contributed by atoms with Crippen molar-refractivity contribution in [2.45, 2.75) is 31.2 Å². The predicted molar refractivity (Wildman–Crippen MR) is 90.6 cm³/mol. The largest absolute Gasteiger partial charge is 0.368 e. The molecule has 0 saturated heterocycles. The van der Waals surface area contributed by atoms with Crippen molar-refractivity contribution in [2.75, 3.05) is 32.4 Å². The van der Waals surface area contributed by atoms with E-state index in [-0.39, 0.29) is 5.91 Å². The van der Waals surface area contributed by atoms with Gasteiger partial charge in [0.1, 0.15) is 5.54 Å². The van der Waals surface area contributed by atoms with Gasteiger partial charge < -0.3 is 10.6 Å². The van der Waals surface area contributed by atoms with Gasteiger partial charge in [-0.1, -0.05) is 26.0 Å². The van der Waals surface area contributed by atoms with Crippen molar-refractivity contribution in [2.24, 2.45) is 5.73 Å². The molecule has 1 aromatic rings. The standard InChI is InChI=1S/C16H27N3OS/c1-5-19(6-2)12-11-18-16(3,15(17)20)13-7-9-14(21-4)10-8-13/h7-10,18H,5-6,11-12H2,1-4H3,(H2,17,20). The average molecular weight is 309 g/mol. The van der Waals surface area contributed by atoms with E-state index in [2.05, 4.69) is 24.1 Å². The van der Waals surface area contributed by atoms with Crippen LogP contribution in [0.25, 0.3) is 0 Å². The second-order valence-electron chi connectivity index (χ2n) is 5.17. The highest BCUT2D eigenvalue weighted by atomic mass is 32.2. The lowest BCUT2D eigenvalue weighted by atomic mass is 9.91. The lowest BCUT2D eigenvalue weighted by Gasteiger charge is -2.29. The third kappa shape index (κ3) is 4.73. The minimum absolute atomic E-state index is 0.348. The zero-order valence-electron chi connectivity index (χ0n) is 13.5. The van der Waals surface area contributed by atoms with Crippen LogP contribution >= 0.6 is 11.8 Å². The number of nitrogens with two attached hydrogens (primary N) is 1. The van der Waals surface area contributed by atoms with E-state index in [1.807, 2.05) is 37.4 Å². The third-order valence-electron chi connectivity index (χ3n) is 3.96. The number of primary amides is 1. The quantitative estimate of drug-likeness (QED) is 0.685. The molecule has 21 heavy (non-hydrogen) atoms. The zero-order valence-corrected chi connectivity index (χ0v) is 14.3. The summed E-state index contributed by atoms with van der Waals surface area (Å²) in [6.45, 7) is 9.77. The Morgan fingerprint density at radius 1 is 1.29 bits per heavy atom. The van der Waals surface area contributed by atoms with Gasteiger partial charge >= 0.3 is 0 Å². The summed E-state index contributed by atoms with van der Waals surface area (Å²) in [6, 6.07) is 7.99. The molecule has 0 radical (unpaired) electrons. The van der Waals surface area contributed by atoms with E-state index in [0.29, 0.717) is 0 Å². The number of hydrogen-bond acceptors (Lipinski definition) is 4. The van der Waals surface area contributed by atoms with Gasteiger partial charge in [-0.3, -0.25) is 10.1 Å². The van der Waals surface area contributed by atoms with Gasteiger partial charge in [0.05, 0.1) is 0 Å². The monoisotopic (exact) mass is 309 g/mol. The molecule has 3 N–H and O–H groups in total. The molecule has 118 valence electrons. The second-order valence-corrected chi connectivity index (χ2v) is 6.05. The smallest absolute Gasteiger partial charge is 0.242 e. The first-order chi connectivity index (χ1) is 9.97. The van der Waals surface area contributed by atoms with Crippen LogP contribution in [0.1, 0.15) is 26.3 Å². The van der Waals surface area contributed by atoms with Crippen molar-refractivity contribution in [3.8, 4) is 0 Å².